The predicted octanol–water partition coefficient (Wildman–Crippen LogP) is 2.49. The van der Waals surface area contributed by atoms with Gasteiger partial charge in [-0.1, -0.05) is 18.7 Å². The zero-order chi connectivity index (χ0) is 18.3. The van der Waals surface area contributed by atoms with E-state index in [1.807, 2.05) is 19.1 Å². The number of hydrogen-bond acceptors (Lipinski definition) is 5. The largest absolute Gasteiger partial charge is 0.462 e. The van der Waals surface area contributed by atoms with Crippen molar-refractivity contribution in [2.75, 3.05) is 18.1 Å². The van der Waals surface area contributed by atoms with Gasteiger partial charge in [0.2, 0.25) is 5.91 Å². The first-order valence-electron chi connectivity index (χ1n) is 7.56. The third kappa shape index (κ3) is 5.87. The molecule has 0 bridgehead atoms. The number of esters is 2. The van der Waals surface area contributed by atoms with Gasteiger partial charge in [-0.3, -0.25) is 14.4 Å². The Bertz CT molecular complexity index is 638. The Morgan fingerprint density at radius 2 is 1.88 bits per heavy atom. The Balaban J connectivity index is 3.01. The number of carbonyl (C=O) groups excluding carboxylic acids is 3. The first kappa shape index (κ1) is 19.4. The number of nitrogens with zero attached hydrogens (tertiary/aromatic N) is 1. The van der Waals surface area contributed by atoms with Crippen LogP contribution in [0.3, 0.4) is 0 Å². The first-order valence-corrected chi connectivity index (χ1v) is 7.56. The summed E-state index contributed by atoms with van der Waals surface area (Å²) < 4.78 is 10.1. The minimum absolute atomic E-state index is 0.0923. The monoisotopic (exact) mass is 333 g/mol. The number of carbonyl (C=O) groups is 3. The number of hydrogen-bond donors (Lipinski definition) is 0. The molecule has 0 saturated heterocycles. The Hall–Kier alpha value is -2.63. The van der Waals surface area contributed by atoms with Crippen LogP contribution < -0.4 is 4.90 Å². The van der Waals surface area contributed by atoms with Crippen molar-refractivity contribution in [3.8, 4) is 0 Å². The van der Waals surface area contributed by atoms with E-state index in [9.17, 15) is 14.4 Å². The molecule has 24 heavy (non-hydrogen) atoms. The molecule has 0 aliphatic rings. The van der Waals surface area contributed by atoms with E-state index in [1.54, 1.807) is 12.1 Å². The molecule has 0 aliphatic carbocycles. The van der Waals surface area contributed by atoms with Gasteiger partial charge in [0.05, 0.1) is 6.54 Å². The third-order valence-electron chi connectivity index (χ3n) is 3.36. The predicted molar refractivity (Wildman–Crippen MR) is 91.5 cm³/mol. The molecular formula is C18H23NO5. The molecule has 0 N–H and O–H groups in total. The van der Waals surface area contributed by atoms with Crippen LogP contribution in [0.25, 0.3) is 6.08 Å². The van der Waals surface area contributed by atoms with E-state index < -0.39 is 18.0 Å². The summed E-state index contributed by atoms with van der Waals surface area (Å²) in [6.07, 6.45) is 0.995. The van der Waals surface area contributed by atoms with Gasteiger partial charge in [-0.15, -0.1) is 0 Å². The Morgan fingerprint density at radius 3 is 2.33 bits per heavy atom. The van der Waals surface area contributed by atoms with Crippen LogP contribution in [0, 0.1) is 6.92 Å². The van der Waals surface area contributed by atoms with E-state index in [0.29, 0.717) is 5.69 Å². The van der Waals surface area contributed by atoms with Crippen LogP contribution in [-0.4, -0.2) is 37.1 Å². The highest BCUT2D eigenvalue weighted by Crippen LogP contribution is 2.21. The summed E-state index contributed by atoms with van der Waals surface area (Å²) in [5.74, 6) is -1.19. The van der Waals surface area contributed by atoms with Crippen LogP contribution in [0.5, 0.6) is 0 Å². The van der Waals surface area contributed by atoms with Gasteiger partial charge in [0.1, 0.15) is 6.61 Å². The van der Waals surface area contributed by atoms with E-state index in [0.717, 1.165) is 11.1 Å². The average molecular weight is 333 g/mol. The van der Waals surface area contributed by atoms with E-state index in [1.165, 1.54) is 25.7 Å². The topological polar surface area (TPSA) is 72.9 Å². The van der Waals surface area contributed by atoms with Gasteiger partial charge in [-0.05, 0) is 30.2 Å². The number of rotatable bonds is 7. The van der Waals surface area contributed by atoms with Crippen molar-refractivity contribution >= 4 is 29.6 Å². The number of ether oxygens (including phenoxy) is 2. The number of aryl methyl sites for hydroxylation is 1. The first-order chi connectivity index (χ1) is 11.2. The van der Waals surface area contributed by atoms with E-state index in [4.69, 9.17) is 9.47 Å². The molecule has 1 rings (SSSR count). The van der Waals surface area contributed by atoms with Crippen LogP contribution >= 0.6 is 0 Å². The lowest BCUT2D eigenvalue weighted by Gasteiger charge is -2.26. The Kier molecular flexibility index (Phi) is 7.17. The molecule has 130 valence electrons. The van der Waals surface area contributed by atoms with Crippen molar-refractivity contribution < 1.29 is 23.9 Å². The fraction of sp³-hybridized carbons (Fsp3) is 0.389. The summed E-state index contributed by atoms with van der Waals surface area (Å²) >= 11 is 0. The zero-order valence-electron chi connectivity index (χ0n) is 14.5. The van der Waals surface area contributed by atoms with Crippen molar-refractivity contribution in [1.82, 2.24) is 0 Å². The molecule has 0 unspecified atom stereocenters. The highest BCUT2D eigenvalue weighted by atomic mass is 16.6. The molecule has 6 heteroatoms. The molecule has 0 heterocycles. The van der Waals surface area contributed by atoms with Crippen LogP contribution in [0.4, 0.5) is 5.69 Å². The second kappa shape index (κ2) is 8.86. The fourth-order valence-corrected chi connectivity index (χ4v) is 2.25. The molecule has 1 aromatic rings. The standard InChI is InChI=1S/C18H23NO5/c1-6-16-7-8-17(9-12(16)2)19(13(3)20)10-18(24-15(5)22)11-23-14(4)21/h6-9,18H,1,10-11H2,2-5H3/t18-/m0/s1. The van der Waals surface area contributed by atoms with Crippen molar-refractivity contribution in [1.29, 1.82) is 0 Å². The average Bonchev–Trinajstić information content (AvgIpc) is 2.48. The van der Waals surface area contributed by atoms with Gasteiger partial charge in [0.25, 0.3) is 0 Å². The van der Waals surface area contributed by atoms with E-state index in [-0.39, 0.29) is 19.1 Å². The zero-order valence-corrected chi connectivity index (χ0v) is 14.5. The normalized spacial score (nSPS) is 11.3. The molecule has 0 spiro atoms. The van der Waals surface area contributed by atoms with Crippen LogP contribution in [-0.2, 0) is 23.9 Å². The SMILES string of the molecule is C=Cc1ccc(N(C[C@@H](COC(C)=O)OC(C)=O)C(C)=O)cc1C. The summed E-state index contributed by atoms with van der Waals surface area (Å²) in [5.41, 5.74) is 2.61. The summed E-state index contributed by atoms with van der Waals surface area (Å²) in [5, 5.41) is 0. The van der Waals surface area contributed by atoms with Gasteiger partial charge < -0.3 is 14.4 Å². The maximum atomic E-state index is 12.0. The van der Waals surface area contributed by atoms with Crippen molar-refractivity contribution in [3.63, 3.8) is 0 Å². The van der Waals surface area contributed by atoms with Crippen molar-refractivity contribution in [2.24, 2.45) is 0 Å². The Labute approximate surface area is 142 Å². The smallest absolute Gasteiger partial charge is 0.303 e. The maximum Gasteiger partial charge on any atom is 0.303 e. The number of amides is 1. The lowest BCUT2D eigenvalue weighted by molar-refractivity contribution is -0.155. The van der Waals surface area contributed by atoms with Gasteiger partial charge in [-0.2, -0.15) is 0 Å². The minimum atomic E-state index is -0.741. The number of benzene rings is 1. The molecule has 0 radical (unpaired) electrons. The summed E-state index contributed by atoms with van der Waals surface area (Å²) in [7, 11) is 0. The summed E-state index contributed by atoms with van der Waals surface area (Å²) in [6, 6.07) is 5.51. The molecule has 1 atom stereocenters. The third-order valence-corrected chi connectivity index (χ3v) is 3.36. The molecule has 6 nitrogen and oxygen atoms in total. The molecule has 0 aromatic heterocycles. The van der Waals surface area contributed by atoms with Gasteiger partial charge >= 0.3 is 11.9 Å². The van der Waals surface area contributed by atoms with Gasteiger partial charge in [-0.25, -0.2) is 0 Å². The van der Waals surface area contributed by atoms with Gasteiger partial charge in [0, 0.05) is 26.5 Å². The molecule has 0 fully saturated rings. The fourth-order valence-electron chi connectivity index (χ4n) is 2.25. The summed E-state index contributed by atoms with van der Waals surface area (Å²) in [4.78, 5) is 35.7. The van der Waals surface area contributed by atoms with Crippen LogP contribution in [0.2, 0.25) is 0 Å². The minimum Gasteiger partial charge on any atom is -0.462 e. The van der Waals surface area contributed by atoms with Crippen molar-refractivity contribution in [2.45, 2.75) is 33.8 Å². The van der Waals surface area contributed by atoms with E-state index >= 15 is 0 Å². The second-order valence-corrected chi connectivity index (χ2v) is 5.41. The highest BCUT2D eigenvalue weighted by Gasteiger charge is 2.22. The quantitative estimate of drug-likeness (QED) is 0.717. The van der Waals surface area contributed by atoms with Crippen molar-refractivity contribution in [3.05, 3.63) is 35.9 Å². The lowest BCUT2D eigenvalue weighted by atomic mass is 10.1. The number of anilines is 1. The lowest BCUT2D eigenvalue weighted by Crippen LogP contribution is -2.40. The Morgan fingerprint density at radius 1 is 1.21 bits per heavy atom. The van der Waals surface area contributed by atoms with Crippen LogP contribution in [0.1, 0.15) is 31.9 Å². The second-order valence-electron chi connectivity index (χ2n) is 5.41. The molecule has 0 saturated carbocycles. The molecule has 0 aliphatic heterocycles. The van der Waals surface area contributed by atoms with Gasteiger partial charge in [0.15, 0.2) is 6.10 Å². The van der Waals surface area contributed by atoms with E-state index in [2.05, 4.69) is 6.58 Å². The molecule has 1 aromatic carbocycles. The molecule has 1 amide bonds. The highest BCUT2D eigenvalue weighted by molar-refractivity contribution is 5.91. The molecular weight excluding hydrogens is 310 g/mol. The maximum absolute atomic E-state index is 12.0. The van der Waals surface area contributed by atoms with Crippen LogP contribution in [0.15, 0.2) is 24.8 Å². The summed E-state index contributed by atoms with van der Waals surface area (Å²) in [6.45, 7) is 9.60.